The Morgan fingerprint density at radius 2 is 1.90 bits per heavy atom. The Kier molecular flexibility index (Phi) is 5.08. The van der Waals surface area contributed by atoms with Crippen molar-refractivity contribution in [2.75, 3.05) is 33.2 Å². The lowest BCUT2D eigenvalue weighted by Gasteiger charge is -2.39. The van der Waals surface area contributed by atoms with E-state index in [1.54, 1.807) is 12.1 Å². The molecule has 1 aromatic carbocycles. The van der Waals surface area contributed by atoms with Crippen LogP contribution in [0, 0.1) is 0 Å². The summed E-state index contributed by atoms with van der Waals surface area (Å²) in [6, 6.07) is 6.28. The number of piperazine rings is 1. The van der Waals surface area contributed by atoms with Gasteiger partial charge in [-0.3, -0.25) is 4.90 Å². The van der Waals surface area contributed by atoms with Crippen molar-refractivity contribution in [3.63, 3.8) is 0 Å². The molecule has 4 nitrogen and oxygen atoms in total. The summed E-state index contributed by atoms with van der Waals surface area (Å²) >= 11 is 0. The third kappa shape index (κ3) is 4.87. The van der Waals surface area contributed by atoms with E-state index in [1.807, 2.05) is 0 Å². The number of halogens is 3. The molecular formula is C14H20F3N3O. The highest BCUT2D eigenvalue weighted by molar-refractivity contribution is 5.27. The highest BCUT2D eigenvalue weighted by Gasteiger charge is 2.31. The first-order chi connectivity index (χ1) is 9.87. The van der Waals surface area contributed by atoms with Gasteiger partial charge >= 0.3 is 6.36 Å². The number of likely N-dealkylation sites (N-methyl/N-ethyl adjacent to an activating group) is 1. The second kappa shape index (κ2) is 6.64. The molecule has 1 saturated heterocycles. The minimum Gasteiger partial charge on any atom is -0.406 e. The van der Waals surface area contributed by atoms with Crippen molar-refractivity contribution in [3.05, 3.63) is 29.8 Å². The van der Waals surface area contributed by atoms with Crippen LogP contribution in [0.4, 0.5) is 13.2 Å². The normalized spacial score (nSPS) is 21.5. The highest BCUT2D eigenvalue weighted by Crippen LogP contribution is 2.23. The number of alkyl halides is 3. The Morgan fingerprint density at radius 1 is 1.24 bits per heavy atom. The van der Waals surface area contributed by atoms with E-state index >= 15 is 0 Å². The van der Waals surface area contributed by atoms with Gasteiger partial charge in [-0.05, 0) is 24.7 Å². The van der Waals surface area contributed by atoms with Crippen LogP contribution in [0.1, 0.15) is 5.56 Å². The average molecular weight is 303 g/mol. The predicted molar refractivity (Wildman–Crippen MR) is 73.9 cm³/mol. The second-order valence-electron chi connectivity index (χ2n) is 5.31. The summed E-state index contributed by atoms with van der Waals surface area (Å²) in [5.41, 5.74) is 6.74. The smallest absolute Gasteiger partial charge is 0.406 e. The number of hydrogen-bond donors (Lipinski definition) is 1. The average Bonchev–Trinajstić information content (AvgIpc) is 2.41. The van der Waals surface area contributed by atoms with Gasteiger partial charge in [0.05, 0.1) is 0 Å². The van der Waals surface area contributed by atoms with Crippen LogP contribution in [0.15, 0.2) is 24.3 Å². The Balaban J connectivity index is 1.96. The number of ether oxygens (including phenoxy) is 1. The minimum absolute atomic E-state index is 0.194. The fraction of sp³-hybridized carbons (Fsp3) is 0.571. The van der Waals surface area contributed by atoms with Crippen molar-refractivity contribution in [2.45, 2.75) is 18.9 Å². The van der Waals surface area contributed by atoms with Gasteiger partial charge in [0.2, 0.25) is 0 Å². The number of nitrogens with two attached hydrogens (primary N) is 1. The Morgan fingerprint density at radius 3 is 2.48 bits per heavy atom. The number of hydrogen-bond acceptors (Lipinski definition) is 4. The van der Waals surface area contributed by atoms with E-state index in [1.165, 1.54) is 12.1 Å². The van der Waals surface area contributed by atoms with E-state index in [0.29, 0.717) is 13.1 Å². The molecule has 1 aliphatic heterocycles. The molecule has 0 bridgehead atoms. The highest BCUT2D eigenvalue weighted by atomic mass is 19.4. The third-order valence-corrected chi connectivity index (χ3v) is 3.62. The van der Waals surface area contributed by atoms with Crippen LogP contribution in [0.25, 0.3) is 0 Å². The van der Waals surface area contributed by atoms with Crippen molar-refractivity contribution in [2.24, 2.45) is 5.73 Å². The zero-order valence-corrected chi connectivity index (χ0v) is 11.9. The molecule has 1 heterocycles. The third-order valence-electron chi connectivity index (χ3n) is 3.62. The molecule has 0 amide bonds. The van der Waals surface area contributed by atoms with E-state index in [4.69, 9.17) is 5.73 Å². The molecule has 0 radical (unpaired) electrons. The molecule has 1 atom stereocenters. The second-order valence-corrected chi connectivity index (χ2v) is 5.31. The first kappa shape index (κ1) is 16.1. The molecular weight excluding hydrogens is 283 g/mol. The number of benzene rings is 1. The van der Waals surface area contributed by atoms with Crippen LogP contribution in [0.3, 0.4) is 0 Å². The van der Waals surface area contributed by atoms with Gasteiger partial charge in [0, 0.05) is 38.8 Å². The molecule has 0 spiro atoms. The van der Waals surface area contributed by atoms with Crippen LogP contribution in [0.5, 0.6) is 5.75 Å². The van der Waals surface area contributed by atoms with Gasteiger partial charge in [0.15, 0.2) is 0 Å². The lowest BCUT2D eigenvalue weighted by molar-refractivity contribution is -0.274. The van der Waals surface area contributed by atoms with Gasteiger partial charge in [-0.25, -0.2) is 0 Å². The Hall–Kier alpha value is -1.31. The maximum Gasteiger partial charge on any atom is 0.573 e. The van der Waals surface area contributed by atoms with E-state index in [9.17, 15) is 13.2 Å². The summed E-state index contributed by atoms with van der Waals surface area (Å²) in [4.78, 5) is 4.49. The van der Waals surface area contributed by atoms with Gasteiger partial charge < -0.3 is 15.4 Å². The molecule has 0 aromatic heterocycles. The largest absolute Gasteiger partial charge is 0.573 e. The standard InChI is InChI=1S/C14H20F3N3O/c1-19-6-7-20(12(8-18)10-19)9-11-2-4-13(5-3-11)21-14(15,16)17/h2-5,12H,6-10,18H2,1H3. The quantitative estimate of drug-likeness (QED) is 0.918. The number of nitrogens with zero attached hydrogens (tertiary/aromatic N) is 2. The number of rotatable bonds is 4. The fourth-order valence-corrected chi connectivity index (χ4v) is 2.51. The van der Waals surface area contributed by atoms with Crippen molar-refractivity contribution in [3.8, 4) is 5.75 Å². The Labute approximate surface area is 122 Å². The van der Waals surface area contributed by atoms with Crippen LogP contribution >= 0.6 is 0 Å². The summed E-state index contributed by atoms with van der Waals surface area (Å²) in [7, 11) is 2.06. The summed E-state index contributed by atoms with van der Waals surface area (Å²) in [6.45, 7) is 4.03. The molecule has 0 aliphatic carbocycles. The van der Waals surface area contributed by atoms with E-state index in [0.717, 1.165) is 25.2 Å². The minimum atomic E-state index is -4.65. The van der Waals surface area contributed by atoms with Crippen molar-refractivity contribution >= 4 is 0 Å². The summed E-state index contributed by atoms with van der Waals surface area (Å²) < 4.78 is 40.2. The lowest BCUT2D eigenvalue weighted by Crippen LogP contribution is -2.54. The van der Waals surface area contributed by atoms with Crippen LogP contribution in [-0.2, 0) is 6.54 Å². The molecule has 1 aliphatic rings. The monoisotopic (exact) mass is 303 g/mol. The van der Waals surface area contributed by atoms with Crippen LogP contribution in [-0.4, -0.2) is 55.4 Å². The van der Waals surface area contributed by atoms with Crippen LogP contribution in [0.2, 0.25) is 0 Å². The first-order valence-electron chi connectivity index (χ1n) is 6.85. The van der Waals surface area contributed by atoms with Gasteiger partial charge in [-0.1, -0.05) is 12.1 Å². The molecule has 2 rings (SSSR count). The molecule has 1 aromatic rings. The van der Waals surface area contributed by atoms with Crippen molar-refractivity contribution in [1.29, 1.82) is 0 Å². The van der Waals surface area contributed by atoms with Gasteiger partial charge in [0.25, 0.3) is 0 Å². The Bertz CT molecular complexity index is 450. The molecule has 1 unspecified atom stereocenters. The summed E-state index contributed by atoms with van der Waals surface area (Å²) in [5.74, 6) is -0.194. The predicted octanol–water partition coefficient (Wildman–Crippen LogP) is 1.66. The van der Waals surface area contributed by atoms with Gasteiger partial charge in [0.1, 0.15) is 5.75 Å². The molecule has 21 heavy (non-hydrogen) atoms. The fourth-order valence-electron chi connectivity index (χ4n) is 2.51. The van der Waals surface area contributed by atoms with Crippen molar-refractivity contribution in [1.82, 2.24) is 9.80 Å². The lowest BCUT2D eigenvalue weighted by atomic mass is 10.1. The molecule has 7 heteroatoms. The van der Waals surface area contributed by atoms with Gasteiger partial charge in [-0.2, -0.15) is 0 Å². The summed E-state index contributed by atoms with van der Waals surface area (Å²) in [5, 5.41) is 0. The van der Waals surface area contributed by atoms with Gasteiger partial charge in [-0.15, -0.1) is 13.2 Å². The molecule has 2 N–H and O–H groups in total. The van der Waals surface area contributed by atoms with E-state index in [2.05, 4.69) is 21.6 Å². The maximum atomic E-state index is 12.1. The van der Waals surface area contributed by atoms with E-state index < -0.39 is 6.36 Å². The molecule has 0 saturated carbocycles. The van der Waals surface area contributed by atoms with E-state index in [-0.39, 0.29) is 11.8 Å². The maximum absolute atomic E-state index is 12.1. The van der Waals surface area contributed by atoms with Crippen molar-refractivity contribution < 1.29 is 17.9 Å². The first-order valence-corrected chi connectivity index (χ1v) is 6.85. The SMILES string of the molecule is CN1CCN(Cc2ccc(OC(F)(F)F)cc2)C(CN)C1. The van der Waals surface area contributed by atoms with Crippen LogP contribution < -0.4 is 10.5 Å². The molecule has 1 fully saturated rings. The topological polar surface area (TPSA) is 41.7 Å². The molecule has 118 valence electrons. The summed E-state index contributed by atoms with van der Waals surface area (Å²) in [6.07, 6.45) is -4.65. The zero-order chi connectivity index (χ0) is 15.5. The zero-order valence-electron chi connectivity index (χ0n) is 11.9.